The molecule has 0 aliphatic heterocycles. The van der Waals surface area contributed by atoms with Crippen LogP contribution in [0.15, 0.2) is 18.2 Å². The van der Waals surface area contributed by atoms with Gasteiger partial charge in [0, 0.05) is 18.2 Å². The second-order valence-electron chi connectivity index (χ2n) is 5.34. The topological polar surface area (TPSA) is 32.3 Å². The van der Waals surface area contributed by atoms with Crippen molar-refractivity contribution in [1.82, 2.24) is 5.32 Å². The molecule has 2 rings (SSSR count). The maximum absolute atomic E-state index is 13.1. The van der Waals surface area contributed by atoms with E-state index >= 15 is 0 Å². The van der Waals surface area contributed by atoms with E-state index in [4.69, 9.17) is 0 Å². The van der Waals surface area contributed by atoms with E-state index in [2.05, 4.69) is 12.2 Å². The van der Waals surface area contributed by atoms with Crippen molar-refractivity contribution >= 4 is 0 Å². The van der Waals surface area contributed by atoms with Gasteiger partial charge in [-0.15, -0.1) is 0 Å². The summed E-state index contributed by atoms with van der Waals surface area (Å²) in [5.41, 5.74) is 0.637. The van der Waals surface area contributed by atoms with E-state index in [1.807, 2.05) is 0 Å². The molecule has 3 heteroatoms. The number of hydrogen-bond acceptors (Lipinski definition) is 2. The van der Waals surface area contributed by atoms with Crippen LogP contribution in [0.2, 0.25) is 0 Å². The van der Waals surface area contributed by atoms with Crippen LogP contribution in [0.3, 0.4) is 0 Å². The van der Waals surface area contributed by atoms with Gasteiger partial charge in [0.25, 0.3) is 0 Å². The lowest BCUT2D eigenvalue weighted by Crippen LogP contribution is -2.34. The SMILES string of the molecule is CC(NCc1cc(F)ccc1O)C1CCCCC1. The van der Waals surface area contributed by atoms with Crippen molar-refractivity contribution in [1.29, 1.82) is 0 Å². The Labute approximate surface area is 108 Å². The first-order valence-electron chi connectivity index (χ1n) is 6.87. The number of benzene rings is 1. The molecule has 0 saturated heterocycles. The van der Waals surface area contributed by atoms with Crippen molar-refractivity contribution < 1.29 is 9.50 Å². The van der Waals surface area contributed by atoms with Crippen LogP contribution in [0.5, 0.6) is 5.75 Å². The number of nitrogens with one attached hydrogen (secondary N) is 1. The van der Waals surface area contributed by atoms with E-state index in [0.29, 0.717) is 18.2 Å². The number of phenolic OH excluding ortho intramolecular Hbond substituents is 1. The molecule has 18 heavy (non-hydrogen) atoms. The summed E-state index contributed by atoms with van der Waals surface area (Å²) >= 11 is 0. The van der Waals surface area contributed by atoms with E-state index in [-0.39, 0.29) is 11.6 Å². The van der Waals surface area contributed by atoms with Crippen LogP contribution in [-0.2, 0) is 6.54 Å². The Morgan fingerprint density at radius 1 is 1.33 bits per heavy atom. The Kier molecular flexibility index (Phi) is 4.59. The third-order valence-corrected chi connectivity index (χ3v) is 4.01. The quantitative estimate of drug-likeness (QED) is 0.857. The molecule has 1 aromatic rings. The molecule has 0 aromatic heterocycles. The summed E-state index contributed by atoms with van der Waals surface area (Å²) in [5, 5.41) is 13.1. The lowest BCUT2D eigenvalue weighted by atomic mass is 9.84. The number of hydrogen-bond donors (Lipinski definition) is 2. The molecule has 1 aliphatic rings. The number of halogens is 1. The smallest absolute Gasteiger partial charge is 0.123 e. The summed E-state index contributed by atoms with van der Waals surface area (Å²) in [6, 6.07) is 4.52. The number of phenols is 1. The minimum atomic E-state index is -0.296. The average Bonchev–Trinajstić information content (AvgIpc) is 2.40. The van der Waals surface area contributed by atoms with Crippen LogP contribution < -0.4 is 5.32 Å². The van der Waals surface area contributed by atoms with Crippen LogP contribution in [0, 0.1) is 11.7 Å². The molecular formula is C15H22FNO. The van der Waals surface area contributed by atoms with E-state index in [9.17, 15) is 9.50 Å². The van der Waals surface area contributed by atoms with Gasteiger partial charge in [0.2, 0.25) is 0 Å². The summed E-state index contributed by atoms with van der Waals surface area (Å²) < 4.78 is 13.1. The fraction of sp³-hybridized carbons (Fsp3) is 0.600. The van der Waals surface area contributed by atoms with Gasteiger partial charge in [-0.1, -0.05) is 19.3 Å². The van der Waals surface area contributed by atoms with E-state index < -0.39 is 0 Å². The molecule has 1 atom stereocenters. The first-order valence-corrected chi connectivity index (χ1v) is 6.87. The normalized spacial score (nSPS) is 18.8. The van der Waals surface area contributed by atoms with Crippen LogP contribution in [-0.4, -0.2) is 11.1 Å². The zero-order valence-electron chi connectivity index (χ0n) is 11.0. The summed E-state index contributed by atoms with van der Waals surface area (Å²) in [6.45, 7) is 2.72. The highest BCUT2D eigenvalue weighted by Crippen LogP contribution is 2.26. The van der Waals surface area contributed by atoms with Gasteiger partial charge in [-0.2, -0.15) is 0 Å². The first kappa shape index (κ1) is 13.3. The largest absolute Gasteiger partial charge is 0.508 e. The summed E-state index contributed by atoms with van der Waals surface area (Å²) in [5.74, 6) is 0.587. The third kappa shape index (κ3) is 3.45. The van der Waals surface area contributed by atoms with Crippen LogP contribution >= 0.6 is 0 Å². The Balaban J connectivity index is 1.88. The van der Waals surface area contributed by atoms with Gasteiger partial charge in [0.15, 0.2) is 0 Å². The van der Waals surface area contributed by atoms with Gasteiger partial charge in [-0.05, 0) is 43.9 Å². The predicted molar refractivity (Wildman–Crippen MR) is 70.9 cm³/mol. The standard InChI is InChI=1S/C15H22FNO/c1-11(12-5-3-2-4-6-12)17-10-13-9-14(16)7-8-15(13)18/h7-9,11-12,17-18H,2-6,10H2,1H3. The highest BCUT2D eigenvalue weighted by atomic mass is 19.1. The van der Waals surface area contributed by atoms with Crippen LogP contribution in [0.25, 0.3) is 0 Å². The van der Waals surface area contributed by atoms with E-state index in [1.54, 1.807) is 0 Å². The molecule has 1 unspecified atom stereocenters. The van der Waals surface area contributed by atoms with Crippen molar-refractivity contribution in [3.05, 3.63) is 29.6 Å². The molecule has 1 aliphatic carbocycles. The van der Waals surface area contributed by atoms with E-state index in [0.717, 1.165) is 5.92 Å². The Morgan fingerprint density at radius 3 is 2.78 bits per heavy atom. The van der Waals surface area contributed by atoms with Gasteiger partial charge < -0.3 is 10.4 Å². The summed E-state index contributed by atoms with van der Waals surface area (Å²) in [7, 11) is 0. The maximum atomic E-state index is 13.1. The minimum Gasteiger partial charge on any atom is -0.508 e. The van der Waals surface area contributed by atoms with Gasteiger partial charge in [0.05, 0.1) is 0 Å². The molecule has 2 nitrogen and oxygen atoms in total. The molecule has 2 N–H and O–H groups in total. The first-order chi connectivity index (χ1) is 8.66. The molecule has 0 radical (unpaired) electrons. The minimum absolute atomic E-state index is 0.166. The molecule has 1 saturated carbocycles. The number of rotatable bonds is 4. The molecular weight excluding hydrogens is 229 g/mol. The Morgan fingerprint density at radius 2 is 2.06 bits per heavy atom. The van der Waals surface area contributed by atoms with E-state index in [1.165, 1.54) is 50.3 Å². The molecule has 0 heterocycles. The predicted octanol–water partition coefficient (Wildman–Crippen LogP) is 3.59. The molecule has 0 spiro atoms. The molecule has 1 aromatic carbocycles. The molecule has 0 bridgehead atoms. The van der Waals surface area contributed by atoms with Crippen molar-refractivity contribution in [3.8, 4) is 5.75 Å². The third-order valence-electron chi connectivity index (χ3n) is 4.01. The highest BCUT2D eigenvalue weighted by Gasteiger charge is 2.19. The molecule has 0 amide bonds. The van der Waals surface area contributed by atoms with Gasteiger partial charge in [-0.3, -0.25) is 0 Å². The fourth-order valence-corrected chi connectivity index (χ4v) is 2.77. The highest BCUT2D eigenvalue weighted by molar-refractivity contribution is 5.32. The fourth-order valence-electron chi connectivity index (χ4n) is 2.77. The van der Waals surface area contributed by atoms with Crippen molar-refractivity contribution in [2.45, 2.75) is 51.6 Å². The summed E-state index contributed by atoms with van der Waals surface area (Å²) in [6.07, 6.45) is 6.56. The monoisotopic (exact) mass is 251 g/mol. The van der Waals surface area contributed by atoms with Crippen molar-refractivity contribution in [2.75, 3.05) is 0 Å². The zero-order valence-corrected chi connectivity index (χ0v) is 11.0. The van der Waals surface area contributed by atoms with Crippen LogP contribution in [0.4, 0.5) is 4.39 Å². The molecule has 100 valence electrons. The Hall–Kier alpha value is -1.09. The average molecular weight is 251 g/mol. The number of aromatic hydroxyl groups is 1. The molecule has 1 fully saturated rings. The van der Waals surface area contributed by atoms with Gasteiger partial charge in [-0.25, -0.2) is 4.39 Å². The lowest BCUT2D eigenvalue weighted by molar-refractivity contribution is 0.280. The Bertz CT molecular complexity index is 388. The second kappa shape index (κ2) is 6.19. The zero-order chi connectivity index (χ0) is 13.0. The van der Waals surface area contributed by atoms with Gasteiger partial charge in [0.1, 0.15) is 11.6 Å². The lowest BCUT2D eigenvalue weighted by Gasteiger charge is -2.28. The second-order valence-corrected chi connectivity index (χ2v) is 5.34. The van der Waals surface area contributed by atoms with Crippen molar-refractivity contribution in [2.24, 2.45) is 5.92 Å². The maximum Gasteiger partial charge on any atom is 0.123 e. The van der Waals surface area contributed by atoms with Crippen LogP contribution in [0.1, 0.15) is 44.6 Å². The van der Waals surface area contributed by atoms with Crippen molar-refractivity contribution in [3.63, 3.8) is 0 Å². The summed E-state index contributed by atoms with van der Waals surface area (Å²) in [4.78, 5) is 0. The van der Waals surface area contributed by atoms with Gasteiger partial charge >= 0.3 is 0 Å².